The van der Waals surface area contributed by atoms with Crippen LogP contribution in [-0.2, 0) is 13.6 Å². The lowest BCUT2D eigenvalue weighted by Gasteiger charge is -2.08. The number of nitrogens with one attached hydrogen (secondary N) is 1. The molecule has 2 aromatic heterocycles. The summed E-state index contributed by atoms with van der Waals surface area (Å²) in [6, 6.07) is 1.88. The van der Waals surface area contributed by atoms with E-state index in [0.717, 1.165) is 27.3 Å². The van der Waals surface area contributed by atoms with E-state index in [-0.39, 0.29) is 0 Å². The average molecular weight is 346 g/mol. The van der Waals surface area contributed by atoms with Gasteiger partial charge in [-0.05, 0) is 28.9 Å². The number of pyridine rings is 1. The van der Waals surface area contributed by atoms with Gasteiger partial charge in [0.1, 0.15) is 5.15 Å². The summed E-state index contributed by atoms with van der Waals surface area (Å²) in [7, 11) is 3.50. The minimum Gasteiger partial charge on any atom is -0.481 e. The van der Waals surface area contributed by atoms with Crippen LogP contribution in [0.15, 0.2) is 16.7 Å². The third-order valence-corrected chi connectivity index (χ3v) is 3.88. The zero-order chi connectivity index (χ0) is 14.0. The van der Waals surface area contributed by atoms with Crippen molar-refractivity contribution < 1.29 is 4.74 Å². The number of rotatable bonds is 4. The van der Waals surface area contributed by atoms with Crippen LogP contribution in [0.2, 0.25) is 5.15 Å². The molecule has 0 saturated carbocycles. The monoisotopic (exact) mass is 344 g/mol. The second kappa shape index (κ2) is 5.79. The van der Waals surface area contributed by atoms with Crippen LogP contribution < -0.4 is 10.1 Å². The summed E-state index contributed by atoms with van der Waals surface area (Å²) in [6.45, 7) is 2.56. The summed E-state index contributed by atoms with van der Waals surface area (Å²) < 4.78 is 7.83. The first-order chi connectivity index (χ1) is 9.02. The second-order valence-electron chi connectivity index (χ2n) is 4.05. The summed E-state index contributed by atoms with van der Waals surface area (Å²) >= 11 is 9.20. The molecule has 102 valence electrons. The van der Waals surface area contributed by atoms with Gasteiger partial charge in [-0.25, -0.2) is 9.67 Å². The van der Waals surface area contributed by atoms with E-state index in [1.807, 2.05) is 20.0 Å². The van der Waals surface area contributed by atoms with Gasteiger partial charge in [0.05, 0.1) is 34.7 Å². The van der Waals surface area contributed by atoms with Crippen LogP contribution in [0.3, 0.4) is 0 Å². The van der Waals surface area contributed by atoms with Crippen LogP contribution in [-0.4, -0.2) is 21.9 Å². The van der Waals surface area contributed by atoms with E-state index in [9.17, 15) is 0 Å². The summed E-state index contributed by atoms with van der Waals surface area (Å²) in [6.07, 6.45) is 1.69. The Labute approximate surface area is 125 Å². The van der Waals surface area contributed by atoms with Crippen molar-refractivity contribution in [1.82, 2.24) is 14.8 Å². The number of ether oxygens (including phenoxy) is 1. The number of methoxy groups -OCH3 is 1. The first kappa shape index (κ1) is 14.1. The molecule has 2 heterocycles. The number of hydrogen-bond donors (Lipinski definition) is 1. The van der Waals surface area contributed by atoms with E-state index in [0.29, 0.717) is 11.7 Å². The first-order valence-electron chi connectivity index (χ1n) is 5.64. The minimum atomic E-state index is 0.445. The van der Waals surface area contributed by atoms with Gasteiger partial charge in [0.15, 0.2) is 0 Å². The van der Waals surface area contributed by atoms with E-state index in [1.165, 1.54) is 0 Å². The highest BCUT2D eigenvalue weighted by atomic mass is 79.9. The van der Waals surface area contributed by atoms with Gasteiger partial charge < -0.3 is 10.1 Å². The van der Waals surface area contributed by atoms with Crippen molar-refractivity contribution in [3.8, 4) is 5.88 Å². The van der Waals surface area contributed by atoms with Gasteiger partial charge in [0.2, 0.25) is 5.88 Å². The normalized spacial score (nSPS) is 10.6. The van der Waals surface area contributed by atoms with Gasteiger partial charge in [-0.3, -0.25) is 0 Å². The van der Waals surface area contributed by atoms with Crippen LogP contribution in [0, 0.1) is 6.92 Å². The highest BCUT2D eigenvalue weighted by Crippen LogP contribution is 2.25. The van der Waals surface area contributed by atoms with Gasteiger partial charge in [0, 0.05) is 13.6 Å². The van der Waals surface area contributed by atoms with Gasteiger partial charge in [0.25, 0.3) is 0 Å². The predicted molar refractivity (Wildman–Crippen MR) is 78.8 cm³/mol. The highest BCUT2D eigenvalue weighted by molar-refractivity contribution is 9.10. The molecule has 0 bridgehead atoms. The summed E-state index contributed by atoms with van der Waals surface area (Å²) in [5.74, 6) is 0.756. The number of halogens is 2. The Morgan fingerprint density at radius 1 is 1.53 bits per heavy atom. The minimum absolute atomic E-state index is 0.445. The summed E-state index contributed by atoms with van der Waals surface area (Å²) in [4.78, 5) is 4.07. The van der Waals surface area contributed by atoms with Crippen LogP contribution in [0.1, 0.15) is 11.3 Å². The largest absolute Gasteiger partial charge is 0.481 e. The standard InChI is InChI=1S/C12H14BrClN4O/c1-7-9(12(19-3)18(2)17-7)6-15-8-4-10(13)11(14)16-5-8/h4-5,15H,6H2,1-3H3. The average Bonchev–Trinajstić information content (AvgIpc) is 2.64. The maximum atomic E-state index is 5.85. The van der Waals surface area contributed by atoms with E-state index in [4.69, 9.17) is 16.3 Å². The molecule has 0 aliphatic rings. The summed E-state index contributed by atoms with van der Waals surface area (Å²) in [5, 5.41) is 8.05. The molecule has 0 radical (unpaired) electrons. The fourth-order valence-corrected chi connectivity index (χ4v) is 2.30. The zero-order valence-corrected chi connectivity index (χ0v) is 13.2. The molecule has 0 aliphatic carbocycles. The fourth-order valence-electron chi connectivity index (χ4n) is 1.85. The van der Waals surface area contributed by atoms with Crippen molar-refractivity contribution in [2.24, 2.45) is 7.05 Å². The van der Waals surface area contributed by atoms with Crippen LogP contribution in [0.4, 0.5) is 5.69 Å². The van der Waals surface area contributed by atoms with Crippen molar-refractivity contribution in [3.63, 3.8) is 0 Å². The lowest BCUT2D eigenvalue weighted by Crippen LogP contribution is -2.03. The van der Waals surface area contributed by atoms with E-state index < -0.39 is 0 Å². The molecule has 0 amide bonds. The number of nitrogens with zero attached hydrogens (tertiary/aromatic N) is 3. The molecule has 2 aromatic rings. The van der Waals surface area contributed by atoms with E-state index in [2.05, 4.69) is 31.3 Å². The highest BCUT2D eigenvalue weighted by Gasteiger charge is 2.13. The molecule has 0 fully saturated rings. The molecule has 19 heavy (non-hydrogen) atoms. The lowest BCUT2D eigenvalue weighted by molar-refractivity contribution is 0.370. The molecule has 0 saturated heterocycles. The van der Waals surface area contributed by atoms with Crippen molar-refractivity contribution in [3.05, 3.63) is 33.1 Å². The third kappa shape index (κ3) is 3.01. The Bertz CT molecular complexity index is 600. The fraction of sp³-hybridized carbons (Fsp3) is 0.333. The molecule has 7 heteroatoms. The summed E-state index contributed by atoms with van der Waals surface area (Å²) in [5.41, 5.74) is 2.84. The molecule has 0 spiro atoms. The molecule has 2 rings (SSSR count). The maximum absolute atomic E-state index is 5.85. The molecule has 0 unspecified atom stereocenters. The van der Waals surface area contributed by atoms with Crippen LogP contribution in [0.5, 0.6) is 5.88 Å². The lowest BCUT2D eigenvalue weighted by atomic mass is 10.2. The maximum Gasteiger partial charge on any atom is 0.216 e. The topological polar surface area (TPSA) is 52.0 Å². The first-order valence-corrected chi connectivity index (χ1v) is 6.81. The van der Waals surface area contributed by atoms with Crippen molar-refractivity contribution in [2.45, 2.75) is 13.5 Å². The second-order valence-corrected chi connectivity index (χ2v) is 5.26. The Balaban J connectivity index is 2.16. The number of aromatic nitrogens is 3. The van der Waals surface area contributed by atoms with Crippen LogP contribution in [0.25, 0.3) is 0 Å². The number of anilines is 1. The Hall–Kier alpha value is -1.27. The SMILES string of the molecule is COc1c(CNc2cnc(Cl)c(Br)c2)c(C)nn1C. The quantitative estimate of drug-likeness (QED) is 0.865. The molecule has 1 N–H and O–H groups in total. The Morgan fingerprint density at radius 2 is 2.26 bits per heavy atom. The number of aryl methyl sites for hydroxylation is 2. The molecule has 0 atom stereocenters. The predicted octanol–water partition coefficient (Wildman–Crippen LogP) is 3.16. The molecule has 0 aromatic carbocycles. The molecule has 5 nitrogen and oxygen atoms in total. The smallest absolute Gasteiger partial charge is 0.216 e. The Morgan fingerprint density at radius 3 is 2.89 bits per heavy atom. The number of hydrogen-bond acceptors (Lipinski definition) is 4. The molecular formula is C12H14BrClN4O. The Kier molecular flexibility index (Phi) is 4.31. The van der Waals surface area contributed by atoms with Crippen molar-refractivity contribution >= 4 is 33.2 Å². The van der Waals surface area contributed by atoms with Gasteiger partial charge >= 0.3 is 0 Å². The van der Waals surface area contributed by atoms with E-state index >= 15 is 0 Å². The van der Waals surface area contributed by atoms with Gasteiger partial charge in [-0.1, -0.05) is 11.6 Å². The zero-order valence-electron chi connectivity index (χ0n) is 10.9. The van der Waals surface area contributed by atoms with Crippen LogP contribution >= 0.6 is 27.5 Å². The molecular weight excluding hydrogens is 332 g/mol. The third-order valence-electron chi connectivity index (χ3n) is 2.75. The molecule has 0 aliphatic heterocycles. The van der Waals surface area contributed by atoms with Gasteiger partial charge in [-0.15, -0.1) is 0 Å². The van der Waals surface area contributed by atoms with Gasteiger partial charge in [-0.2, -0.15) is 5.10 Å². The van der Waals surface area contributed by atoms with Crippen molar-refractivity contribution in [2.75, 3.05) is 12.4 Å². The van der Waals surface area contributed by atoms with Crippen molar-refractivity contribution in [1.29, 1.82) is 0 Å². The van der Waals surface area contributed by atoms with E-state index in [1.54, 1.807) is 18.0 Å².